The van der Waals surface area contributed by atoms with Gasteiger partial charge in [0.2, 0.25) is 15.9 Å². The highest BCUT2D eigenvalue weighted by atomic mass is 35.5. The first-order valence-corrected chi connectivity index (χ1v) is 8.15. The summed E-state index contributed by atoms with van der Waals surface area (Å²) >= 11 is 5.69. The van der Waals surface area contributed by atoms with E-state index in [4.69, 9.17) is 11.6 Å². The SMILES string of the molecule is O=C(CNS(=O)(=O)c1c(F)cccc1F)Nc1ccc(Cl)cc1. The summed E-state index contributed by atoms with van der Waals surface area (Å²) in [6.45, 7) is -0.682. The van der Waals surface area contributed by atoms with E-state index >= 15 is 0 Å². The van der Waals surface area contributed by atoms with Crippen molar-refractivity contribution in [1.82, 2.24) is 4.72 Å². The van der Waals surface area contributed by atoms with Crippen molar-refractivity contribution < 1.29 is 22.0 Å². The molecule has 0 fully saturated rings. The Kier molecular flexibility index (Phi) is 5.30. The number of hydrogen-bond acceptors (Lipinski definition) is 3. The van der Waals surface area contributed by atoms with Crippen LogP contribution in [-0.4, -0.2) is 20.9 Å². The molecule has 0 aliphatic heterocycles. The van der Waals surface area contributed by atoms with Gasteiger partial charge in [0.05, 0.1) is 6.54 Å². The monoisotopic (exact) mass is 360 g/mol. The number of halogens is 3. The average Bonchev–Trinajstić information content (AvgIpc) is 2.47. The molecule has 2 aromatic rings. The van der Waals surface area contributed by atoms with E-state index in [-0.39, 0.29) is 0 Å². The Morgan fingerprint density at radius 1 is 1.04 bits per heavy atom. The normalized spacial score (nSPS) is 11.3. The number of anilines is 1. The molecule has 0 unspecified atom stereocenters. The molecule has 0 aromatic heterocycles. The highest BCUT2D eigenvalue weighted by molar-refractivity contribution is 7.89. The van der Waals surface area contributed by atoms with Crippen LogP contribution in [0.15, 0.2) is 47.4 Å². The number of sulfonamides is 1. The first-order valence-electron chi connectivity index (χ1n) is 6.29. The molecule has 0 aliphatic carbocycles. The minimum absolute atomic E-state index is 0.399. The second-order valence-electron chi connectivity index (χ2n) is 4.43. The number of carbonyl (C=O) groups is 1. The summed E-state index contributed by atoms with van der Waals surface area (Å²) in [7, 11) is -4.50. The summed E-state index contributed by atoms with van der Waals surface area (Å²) in [5.41, 5.74) is 0.399. The van der Waals surface area contributed by atoms with Crippen LogP contribution in [0.25, 0.3) is 0 Å². The Hall–Kier alpha value is -2.03. The summed E-state index contributed by atoms with van der Waals surface area (Å²) in [6, 6.07) is 8.77. The van der Waals surface area contributed by atoms with Gasteiger partial charge in [-0.15, -0.1) is 0 Å². The number of rotatable bonds is 5. The fraction of sp³-hybridized carbons (Fsp3) is 0.0714. The Balaban J connectivity index is 2.04. The van der Waals surface area contributed by atoms with E-state index in [1.54, 1.807) is 0 Å². The average molecular weight is 361 g/mol. The van der Waals surface area contributed by atoms with Crippen molar-refractivity contribution in [3.63, 3.8) is 0 Å². The van der Waals surface area contributed by atoms with Gasteiger partial charge in [0, 0.05) is 10.7 Å². The van der Waals surface area contributed by atoms with Gasteiger partial charge in [-0.3, -0.25) is 4.79 Å². The molecule has 0 atom stereocenters. The van der Waals surface area contributed by atoms with Crippen molar-refractivity contribution >= 4 is 33.2 Å². The van der Waals surface area contributed by atoms with E-state index in [0.717, 1.165) is 18.2 Å². The molecule has 0 heterocycles. The molecule has 2 aromatic carbocycles. The van der Waals surface area contributed by atoms with Crippen molar-refractivity contribution in [1.29, 1.82) is 0 Å². The Morgan fingerprint density at radius 2 is 1.61 bits per heavy atom. The second-order valence-corrected chi connectivity index (χ2v) is 6.57. The van der Waals surface area contributed by atoms with Crippen molar-refractivity contribution in [2.45, 2.75) is 4.90 Å². The van der Waals surface area contributed by atoms with Gasteiger partial charge in [0.1, 0.15) is 11.6 Å². The lowest BCUT2D eigenvalue weighted by Crippen LogP contribution is -2.33. The van der Waals surface area contributed by atoms with E-state index in [0.29, 0.717) is 10.7 Å². The van der Waals surface area contributed by atoms with Gasteiger partial charge < -0.3 is 5.32 Å². The molecule has 0 spiro atoms. The van der Waals surface area contributed by atoms with Crippen molar-refractivity contribution in [2.24, 2.45) is 0 Å². The molecule has 0 radical (unpaired) electrons. The molecule has 2 rings (SSSR count). The highest BCUT2D eigenvalue weighted by Crippen LogP contribution is 2.18. The summed E-state index contributed by atoms with van der Waals surface area (Å²) in [5.74, 6) is -3.18. The van der Waals surface area contributed by atoms with Gasteiger partial charge in [0.25, 0.3) is 0 Å². The van der Waals surface area contributed by atoms with Crippen LogP contribution in [0.2, 0.25) is 5.02 Å². The minimum atomic E-state index is -4.50. The maximum absolute atomic E-state index is 13.5. The minimum Gasteiger partial charge on any atom is -0.325 e. The Bertz CT molecular complexity index is 806. The van der Waals surface area contributed by atoms with Crippen LogP contribution in [0.5, 0.6) is 0 Å². The molecular formula is C14H11ClF2N2O3S. The van der Waals surface area contributed by atoms with Gasteiger partial charge in [0.15, 0.2) is 4.90 Å². The number of amides is 1. The van der Waals surface area contributed by atoms with Crippen LogP contribution in [0.4, 0.5) is 14.5 Å². The quantitative estimate of drug-likeness (QED) is 0.860. The Morgan fingerprint density at radius 3 is 2.17 bits per heavy atom. The van der Waals surface area contributed by atoms with E-state index in [1.165, 1.54) is 24.3 Å². The van der Waals surface area contributed by atoms with E-state index in [9.17, 15) is 22.0 Å². The van der Waals surface area contributed by atoms with Crippen LogP contribution in [0, 0.1) is 11.6 Å². The van der Waals surface area contributed by atoms with Crippen LogP contribution in [-0.2, 0) is 14.8 Å². The standard InChI is InChI=1S/C14H11ClF2N2O3S/c15-9-4-6-10(7-5-9)19-13(20)8-18-23(21,22)14-11(16)2-1-3-12(14)17/h1-7,18H,8H2,(H,19,20). The topological polar surface area (TPSA) is 75.3 Å². The zero-order valence-corrected chi connectivity index (χ0v) is 13.1. The fourth-order valence-electron chi connectivity index (χ4n) is 1.71. The van der Waals surface area contributed by atoms with Gasteiger partial charge in [-0.05, 0) is 36.4 Å². The number of carbonyl (C=O) groups excluding carboxylic acids is 1. The summed E-state index contributed by atoms with van der Waals surface area (Å²) in [5, 5.41) is 2.88. The lowest BCUT2D eigenvalue weighted by atomic mass is 10.3. The molecule has 2 N–H and O–H groups in total. The molecule has 23 heavy (non-hydrogen) atoms. The molecule has 0 saturated carbocycles. The summed E-state index contributed by atoms with van der Waals surface area (Å²) < 4.78 is 52.6. The maximum atomic E-state index is 13.5. The van der Waals surface area contributed by atoms with E-state index < -0.39 is 39.0 Å². The van der Waals surface area contributed by atoms with Crippen LogP contribution < -0.4 is 10.0 Å². The van der Waals surface area contributed by atoms with Crippen molar-refractivity contribution in [3.8, 4) is 0 Å². The largest absolute Gasteiger partial charge is 0.325 e. The third-order valence-corrected chi connectivity index (χ3v) is 4.44. The molecular weight excluding hydrogens is 350 g/mol. The highest BCUT2D eigenvalue weighted by Gasteiger charge is 2.24. The van der Waals surface area contributed by atoms with Gasteiger partial charge in [-0.25, -0.2) is 21.9 Å². The predicted molar refractivity (Wildman–Crippen MR) is 81.6 cm³/mol. The third kappa shape index (κ3) is 4.47. The first-order chi connectivity index (χ1) is 10.8. The summed E-state index contributed by atoms with van der Waals surface area (Å²) in [4.78, 5) is 10.6. The lowest BCUT2D eigenvalue weighted by Gasteiger charge is -2.09. The zero-order chi connectivity index (χ0) is 17.0. The zero-order valence-electron chi connectivity index (χ0n) is 11.5. The Labute approximate surface area is 136 Å². The van der Waals surface area contributed by atoms with Crippen LogP contribution in [0.3, 0.4) is 0 Å². The fourth-order valence-corrected chi connectivity index (χ4v) is 2.95. The van der Waals surface area contributed by atoms with Gasteiger partial charge in [-0.2, -0.15) is 0 Å². The molecule has 122 valence electrons. The van der Waals surface area contributed by atoms with Crippen molar-refractivity contribution in [2.75, 3.05) is 11.9 Å². The predicted octanol–water partition coefficient (Wildman–Crippen LogP) is 2.54. The molecule has 1 amide bonds. The number of benzene rings is 2. The van der Waals surface area contributed by atoms with E-state index in [2.05, 4.69) is 5.32 Å². The van der Waals surface area contributed by atoms with E-state index in [1.807, 2.05) is 4.72 Å². The molecule has 0 aliphatic rings. The first kappa shape index (κ1) is 17.3. The lowest BCUT2D eigenvalue weighted by molar-refractivity contribution is -0.115. The number of hydrogen-bond donors (Lipinski definition) is 2. The maximum Gasteiger partial charge on any atom is 0.246 e. The van der Waals surface area contributed by atoms with Gasteiger partial charge in [-0.1, -0.05) is 17.7 Å². The van der Waals surface area contributed by atoms with Crippen LogP contribution >= 0.6 is 11.6 Å². The smallest absolute Gasteiger partial charge is 0.246 e. The molecule has 5 nitrogen and oxygen atoms in total. The van der Waals surface area contributed by atoms with Crippen LogP contribution in [0.1, 0.15) is 0 Å². The molecule has 0 saturated heterocycles. The van der Waals surface area contributed by atoms with Gasteiger partial charge >= 0.3 is 0 Å². The third-order valence-electron chi connectivity index (χ3n) is 2.74. The summed E-state index contributed by atoms with van der Waals surface area (Å²) in [6.07, 6.45) is 0. The second kappa shape index (κ2) is 7.03. The molecule has 9 heteroatoms. The van der Waals surface area contributed by atoms with Crippen molar-refractivity contribution in [3.05, 3.63) is 59.1 Å². The number of nitrogens with one attached hydrogen (secondary N) is 2. The molecule has 0 bridgehead atoms.